The quantitative estimate of drug-likeness (QED) is 0.876. The van der Waals surface area contributed by atoms with Gasteiger partial charge in [-0.3, -0.25) is 4.79 Å². The molecule has 1 aromatic rings. The summed E-state index contributed by atoms with van der Waals surface area (Å²) in [4.78, 5) is 12.2. The molecule has 5 nitrogen and oxygen atoms in total. The number of ether oxygens (including phenoxy) is 1. The van der Waals surface area contributed by atoms with Crippen LogP contribution in [0.3, 0.4) is 0 Å². The van der Waals surface area contributed by atoms with Crippen molar-refractivity contribution in [1.82, 2.24) is 10.5 Å². The number of amides is 1. The molecule has 1 aliphatic rings. The summed E-state index contributed by atoms with van der Waals surface area (Å²) in [5.74, 6) is 1.39. The van der Waals surface area contributed by atoms with Gasteiger partial charge in [-0.2, -0.15) is 0 Å². The lowest BCUT2D eigenvalue weighted by Crippen LogP contribution is -2.39. The number of rotatable bonds is 6. The van der Waals surface area contributed by atoms with Crippen molar-refractivity contribution in [2.45, 2.75) is 71.6 Å². The lowest BCUT2D eigenvalue weighted by molar-refractivity contribution is -0.139. The van der Waals surface area contributed by atoms with Crippen molar-refractivity contribution < 1.29 is 14.1 Å². The Morgan fingerprint density at radius 2 is 2.38 bits per heavy atom. The molecular weight excluding hydrogens is 268 g/mol. The fourth-order valence-electron chi connectivity index (χ4n) is 2.87. The molecule has 0 aromatic carbocycles. The van der Waals surface area contributed by atoms with Gasteiger partial charge in [0.1, 0.15) is 17.6 Å². The van der Waals surface area contributed by atoms with E-state index in [1.165, 1.54) is 12.8 Å². The number of carbonyl (C=O) groups is 1. The van der Waals surface area contributed by atoms with Crippen molar-refractivity contribution >= 4 is 5.91 Å². The molecule has 1 amide bonds. The van der Waals surface area contributed by atoms with Crippen molar-refractivity contribution in [2.24, 2.45) is 5.92 Å². The van der Waals surface area contributed by atoms with Crippen LogP contribution in [-0.2, 0) is 16.1 Å². The van der Waals surface area contributed by atoms with Gasteiger partial charge in [-0.05, 0) is 32.1 Å². The average Bonchev–Trinajstić information content (AvgIpc) is 2.88. The first-order chi connectivity index (χ1) is 10.1. The lowest BCUT2D eigenvalue weighted by atomic mass is 9.88. The van der Waals surface area contributed by atoms with Crippen molar-refractivity contribution in [1.29, 1.82) is 0 Å². The number of aryl methyl sites for hydroxylation is 1. The van der Waals surface area contributed by atoms with Crippen molar-refractivity contribution in [3.8, 4) is 0 Å². The summed E-state index contributed by atoms with van der Waals surface area (Å²) in [7, 11) is 0. The number of hydrogen-bond donors (Lipinski definition) is 1. The summed E-state index contributed by atoms with van der Waals surface area (Å²) in [6.45, 7) is 6.46. The molecule has 2 rings (SSSR count). The number of nitrogens with one attached hydrogen (secondary N) is 1. The molecule has 118 valence electrons. The fraction of sp³-hybridized carbons (Fsp3) is 0.750. The molecule has 1 fully saturated rings. The van der Waals surface area contributed by atoms with Crippen LogP contribution >= 0.6 is 0 Å². The third-order valence-corrected chi connectivity index (χ3v) is 4.03. The molecule has 1 aliphatic carbocycles. The maximum absolute atomic E-state index is 12.2. The zero-order valence-electron chi connectivity index (χ0n) is 13.2. The zero-order valence-corrected chi connectivity index (χ0v) is 13.2. The summed E-state index contributed by atoms with van der Waals surface area (Å²) < 4.78 is 11.0. The van der Waals surface area contributed by atoms with E-state index < -0.39 is 0 Å². The Labute approximate surface area is 126 Å². The second kappa shape index (κ2) is 7.59. The predicted molar refractivity (Wildman–Crippen MR) is 79.7 cm³/mol. The summed E-state index contributed by atoms with van der Waals surface area (Å²) in [5, 5.41) is 6.75. The number of nitrogens with zero attached hydrogens (tertiary/aromatic N) is 1. The summed E-state index contributed by atoms with van der Waals surface area (Å²) in [6, 6.07) is 1.82. The maximum Gasteiger partial charge on any atom is 0.249 e. The first-order valence-electron chi connectivity index (χ1n) is 7.93. The van der Waals surface area contributed by atoms with E-state index >= 15 is 0 Å². The molecule has 0 bridgehead atoms. The second-order valence-corrected chi connectivity index (χ2v) is 6.07. The SMILES string of the molecule is CC[C@H](O[C@H]1CCC[C@H](C)C1)C(=O)NCc1cc(C)on1. The maximum atomic E-state index is 12.2. The van der Waals surface area contributed by atoms with Crippen LogP contribution in [0, 0.1) is 12.8 Å². The standard InChI is InChI=1S/C16H26N2O3/c1-4-15(20-14-7-5-6-11(2)8-14)16(19)17-10-13-9-12(3)21-18-13/h9,11,14-15H,4-8,10H2,1-3H3,(H,17,19)/t11-,14-,15-/m0/s1. The summed E-state index contributed by atoms with van der Waals surface area (Å²) in [5.41, 5.74) is 0.738. The Morgan fingerprint density at radius 3 is 3.00 bits per heavy atom. The van der Waals surface area contributed by atoms with E-state index in [1.54, 1.807) is 0 Å². The summed E-state index contributed by atoms with van der Waals surface area (Å²) >= 11 is 0. The van der Waals surface area contributed by atoms with Gasteiger partial charge in [0.25, 0.3) is 0 Å². The molecular formula is C16H26N2O3. The minimum atomic E-state index is -0.367. The fourth-order valence-corrected chi connectivity index (χ4v) is 2.87. The van der Waals surface area contributed by atoms with Crippen molar-refractivity contribution in [3.63, 3.8) is 0 Å². The molecule has 1 aromatic heterocycles. The van der Waals surface area contributed by atoms with Crippen LogP contribution in [0.15, 0.2) is 10.6 Å². The first-order valence-corrected chi connectivity index (χ1v) is 7.93. The minimum Gasteiger partial charge on any atom is -0.365 e. The number of hydrogen-bond acceptors (Lipinski definition) is 4. The van der Waals surface area contributed by atoms with Crippen LogP contribution in [0.1, 0.15) is 57.4 Å². The third-order valence-electron chi connectivity index (χ3n) is 4.03. The van der Waals surface area contributed by atoms with E-state index in [1.807, 2.05) is 19.9 Å². The van der Waals surface area contributed by atoms with E-state index in [-0.39, 0.29) is 18.1 Å². The van der Waals surface area contributed by atoms with Gasteiger partial charge in [-0.15, -0.1) is 0 Å². The Bertz CT molecular complexity index is 458. The molecule has 1 saturated carbocycles. The van der Waals surface area contributed by atoms with Crippen LogP contribution in [0.5, 0.6) is 0 Å². The first kappa shape index (κ1) is 16.0. The minimum absolute atomic E-state index is 0.0589. The number of carbonyl (C=O) groups excluding carboxylic acids is 1. The van der Waals surface area contributed by atoms with Gasteiger partial charge in [0.15, 0.2) is 0 Å². The highest BCUT2D eigenvalue weighted by Crippen LogP contribution is 2.26. The molecule has 0 aliphatic heterocycles. The van der Waals surface area contributed by atoms with E-state index in [9.17, 15) is 4.79 Å². The van der Waals surface area contributed by atoms with Gasteiger partial charge in [0.05, 0.1) is 12.6 Å². The Hall–Kier alpha value is -1.36. The topological polar surface area (TPSA) is 64.4 Å². The molecule has 5 heteroatoms. The van der Waals surface area contributed by atoms with Crippen molar-refractivity contribution in [2.75, 3.05) is 0 Å². The largest absolute Gasteiger partial charge is 0.365 e. The highest BCUT2D eigenvalue weighted by Gasteiger charge is 2.25. The summed E-state index contributed by atoms with van der Waals surface area (Å²) in [6.07, 6.45) is 5.14. The van der Waals surface area contributed by atoms with Gasteiger partial charge in [0, 0.05) is 6.07 Å². The highest BCUT2D eigenvalue weighted by atomic mass is 16.5. The predicted octanol–water partition coefficient (Wildman–Crippen LogP) is 2.97. The molecule has 0 saturated heterocycles. The van der Waals surface area contributed by atoms with Gasteiger partial charge >= 0.3 is 0 Å². The van der Waals surface area contributed by atoms with Crippen LogP contribution in [-0.4, -0.2) is 23.3 Å². The Kier molecular flexibility index (Phi) is 5.79. The van der Waals surface area contributed by atoms with E-state index in [0.717, 1.165) is 24.3 Å². The molecule has 0 unspecified atom stereocenters. The molecule has 1 N–H and O–H groups in total. The molecule has 3 atom stereocenters. The van der Waals surface area contributed by atoms with E-state index in [2.05, 4.69) is 17.4 Å². The number of aromatic nitrogens is 1. The highest BCUT2D eigenvalue weighted by molar-refractivity contribution is 5.80. The zero-order chi connectivity index (χ0) is 15.2. The van der Waals surface area contributed by atoms with Crippen LogP contribution in [0.25, 0.3) is 0 Å². The van der Waals surface area contributed by atoms with Gasteiger partial charge in [0.2, 0.25) is 5.91 Å². The van der Waals surface area contributed by atoms with E-state index in [0.29, 0.717) is 18.9 Å². The Morgan fingerprint density at radius 1 is 1.57 bits per heavy atom. The van der Waals surface area contributed by atoms with Crippen LogP contribution < -0.4 is 5.32 Å². The molecule has 1 heterocycles. The van der Waals surface area contributed by atoms with Crippen LogP contribution in [0.4, 0.5) is 0 Å². The normalized spacial score (nSPS) is 23.8. The molecule has 0 spiro atoms. The molecule has 0 radical (unpaired) electrons. The smallest absolute Gasteiger partial charge is 0.249 e. The Balaban J connectivity index is 1.80. The van der Waals surface area contributed by atoms with Gasteiger partial charge in [-0.25, -0.2) is 0 Å². The van der Waals surface area contributed by atoms with E-state index in [4.69, 9.17) is 9.26 Å². The monoisotopic (exact) mass is 294 g/mol. The van der Waals surface area contributed by atoms with Gasteiger partial charge < -0.3 is 14.6 Å². The third kappa shape index (κ3) is 4.84. The lowest BCUT2D eigenvalue weighted by Gasteiger charge is -2.29. The molecule has 21 heavy (non-hydrogen) atoms. The van der Waals surface area contributed by atoms with Crippen molar-refractivity contribution in [3.05, 3.63) is 17.5 Å². The van der Waals surface area contributed by atoms with Crippen LogP contribution in [0.2, 0.25) is 0 Å². The second-order valence-electron chi connectivity index (χ2n) is 6.07. The van der Waals surface area contributed by atoms with Gasteiger partial charge in [-0.1, -0.05) is 31.8 Å². The average molecular weight is 294 g/mol.